The number of carbonyl (C=O) groups is 2. The fraction of sp³-hybridized carbons (Fsp3) is 0.571. The van der Waals surface area contributed by atoms with E-state index in [1.165, 1.54) is 0 Å². The Balaban J connectivity index is 1.92. The number of ether oxygens (including phenoxy) is 1. The Kier molecular flexibility index (Phi) is 4.56. The third-order valence-corrected chi connectivity index (χ3v) is 5.42. The van der Waals surface area contributed by atoms with Crippen molar-refractivity contribution >= 4 is 11.9 Å². The van der Waals surface area contributed by atoms with Crippen molar-refractivity contribution in [3.8, 4) is 6.07 Å². The Bertz CT molecular complexity index is 777. The predicted molar refractivity (Wildman–Crippen MR) is 97.5 cm³/mol. The monoisotopic (exact) mass is 354 g/mol. The van der Waals surface area contributed by atoms with Gasteiger partial charge in [0, 0.05) is 19.4 Å². The molecule has 138 valence electrons. The molecule has 26 heavy (non-hydrogen) atoms. The van der Waals surface area contributed by atoms with Gasteiger partial charge in [-0.05, 0) is 69.2 Å². The lowest BCUT2D eigenvalue weighted by atomic mass is 9.60. The largest absolute Gasteiger partial charge is 0.444 e. The van der Waals surface area contributed by atoms with Crippen LogP contribution in [0.25, 0.3) is 0 Å². The highest BCUT2D eigenvalue weighted by atomic mass is 16.6. The predicted octanol–water partition coefficient (Wildman–Crippen LogP) is 4.29. The number of aryl methyl sites for hydroxylation is 1. The molecule has 1 amide bonds. The van der Waals surface area contributed by atoms with E-state index in [1.807, 2.05) is 39.8 Å². The van der Waals surface area contributed by atoms with E-state index >= 15 is 0 Å². The van der Waals surface area contributed by atoms with Crippen LogP contribution in [0.3, 0.4) is 0 Å². The summed E-state index contributed by atoms with van der Waals surface area (Å²) in [5, 5.41) is 9.12. The van der Waals surface area contributed by atoms with Crippen LogP contribution in [0.2, 0.25) is 0 Å². The lowest BCUT2D eigenvalue weighted by Gasteiger charge is -2.50. The molecule has 1 aromatic carbocycles. The second-order valence-corrected chi connectivity index (χ2v) is 8.72. The number of hydrogen-bond acceptors (Lipinski definition) is 4. The molecule has 3 rings (SSSR count). The summed E-state index contributed by atoms with van der Waals surface area (Å²) in [6.45, 7) is 8.15. The van der Waals surface area contributed by atoms with Gasteiger partial charge in [-0.15, -0.1) is 0 Å². The van der Waals surface area contributed by atoms with E-state index in [0.717, 1.165) is 24.0 Å². The molecule has 2 aliphatic rings. The normalized spacial score (nSPS) is 21.9. The molecule has 5 heteroatoms. The first-order valence-corrected chi connectivity index (χ1v) is 9.14. The molecule has 5 nitrogen and oxygen atoms in total. The first-order chi connectivity index (χ1) is 12.1. The minimum absolute atomic E-state index is 0.0145. The van der Waals surface area contributed by atoms with E-state index < -0.39 is 5.60 Å². The van der Waals surface area contributed by atoms with Gasteiger partial charge in [0.15, 0.2) is 0 Å². The standard InChI is InChI=1S/C21H26N2O3/c1-14-9-15(13-22)5-6-17(14)18-12-21(10-16(24)11-21)7-8-23(18)19(25)26-20(2,3)4/h5-6,9,18H,7-8,10-12H2,1-4H3. The maximum atomic E-state index is 12.8. The van der Waals surface area contributed by atoms with Crippen molar-refractivity contribution in [1.29, 1.82) is 5.26 Å². The first-order valence-electron chi connectivity index (χ1n) is 9.14. The molecular formula is C21H26N2O3. The van der Waals surface area contributed by atoms with Crippen LogP contribution in [-0.2, 0) is 9.53 Å². The number of hydrogen-bond donors (Lipinski definition) is 0. The van der Waals surface area contributed by atoms with Crippen molar-refractivity contribution in [3.05, 3.63) is 34.9 Å². The van der Waals surface area contributed by atoms with Crippen LogP contribution < -0.4 is 0 Å². The van der Waals surface area contributed by atoms with E-state index in [9.17, 15) is 9.59 Å². The molecule has 1 spiro atoms. The fourth-order valence-electron chi connectivity index (χ4n) is 4.18. The lowest BCUT2D eigenvalue weighted by molar-refractivity contribution is -0.137. The highest BCUT2D eigenvalue weighted by Gasteiger charge is 2.50. The zero-order valence-electron chi connectivity index (χ0n) is 16.0. The maximum absolute atomic E-state index is 12.8. The molecule has 0 N–H and O–H groups in total. The Morgan fingerprint density at radius 3 is 2.58 bits per heavy atom. The third-order valence-electron chi connectivity index (χ3n) is 5.42. The van der Waals surface area contributed by atoms with Crippen molar-refractivity contribution in [2.75, 3.05) is 6.54 Å². The van der Waals surface area contributed by atoms with E-state index in [4.69, 9.17) is 10.00 Å². The Morgan fingerprint density at radius 2 is 2.04 bits per heavy atom. The summed E-state index contributed by atoms with van der Waals surface area (Å²) in [6, 6.07) is 7.62. The number of nitrogens with zero attached hydrogens (tertiary/aromatic N) is 2. The van der Waals surface area contributed by atoms with Gasteiger partial charge < -0.3 is 9.64 Å². The average molecular weight is 354 g/mol. The molecule has 1 unspecified atom stereocenters. The number of nitriles is 1. The minimum atomic E-state index is -0.553. The Morgan fingerprint density at radius 1 is 1.35 bits per heavy atom. The second-order valence-electron chi connectivity index (χ2n) is 8.72. The molecule has 1 aromatic rings. The summed E-state index contributed by atoms with van der Waals surface area (Å²) < 4.78 is 5.62. The number of benzene rings is 1. The van der Waals surface area contributed by atoms with Crippen molar-refractivity contribution in [1.82, 2.24) is 4.90 Å². The maximum Gasteiger partial charge on any atom is 0.410 e. The first kappa shape index (κ1) is 18.4. The van der Waals surface area contributed by atoms with Crippen LogP contribution in [0.5, 0.6) is 0 Å². The van der Waals surface area contributed by atoms with E-state index in [2.05, 4.69) is 6.07 Å². The van der Waals surface area contributed by atoms with Crippen molar-refractivity contribution in [3.63, 3.8) is 0 Å². The number of likely N-dealkylation sites (tertiary alicyclic amines) is 1. The van der Waals surface area contributed by atoms with Crippen LogP contribution in [-0.4, -0.2) is 28.9 Å². The molecule has 1 atom stereocenters. The molecule has 0 bridgehead atoms. The summed E-state index contributed by atoms with van der Waals surface area (Å²) in [7, 11) is 0. The van der Waals surface area contributed by atoms with Gasteiger partial charge in [-0.1, -0.05) is 6.07 Å². The summed E-state index contributed by atoms with van der Waals surface area (Å²) in [6.07, 6.45) is 2.52. The Labute approximate surface area is 154 Å². The number of amides is 1. The molecule has 2 fully saturated rings. The van der Waals surface area contributed by atoms with Gasteiger partial charge in [0.25, 0.3) is 0 Å². The Hall–Kier alpha value is -2.35. The van der Waals surface area contributed by atoms with E-state index in [0.29, 0.717) is 30.7 Å². The van der Waals surface area contributed by atoms with Gasteiger partial charge in [-0.25, -0.2) is 4.79 Å². The number of Topliss-reactive ketones (excluding diaryl/α,β-unsaturated/α-hetero) is 1. The number of ketones is 1. The molecule has 1 saturated carbocycles. The van der Waals surface area contributed by atoms with Crippen molar-refractivity contribution in [2.45, 2.75) is 65.0 Å². The molecule has 0 radical (unpaired) electrons. The average Bonchev–Trinajstić information content (AvgIpc) is 2.51. The van der Waals surface area contributed by atoms with Crippen molar-refractivity contribution in [2.24, 2.45) is 5.41 Å². The van der Waals surface area contributed by atoms with Gasteiger partial charge in [0.05, 0.1) is 17.7 Å². The summed E-state index contributed by atoms with van der Waals surface area (Å²) >= 11 is 0. The van der Waals surface area contributed by atoms with Gasteiger partial charge in [-0.3, -0.25) is 4.79 Å². The van der Waals surface area contributed by atoms with Crippen LogP contribution in [0.1, 0.15) is 69.2 Å². The molecular weight excluding hydrogens is 328 g/mol. The topological polar surface area (TPSA) is 70.4 Å². The SMILES string of the molecule is Cc1cc(C#N)ccc1C1CC2(CCN1C(=O)OC(C)(C)C)CC(=O)C2. The zero-order valence-corrected chi connectivity index (χ0v) is 16.0. The number of rotatable bonds is 1. The minimum Gasteiger partial charge on any atom is -0.444 e. The highest BCUT2D eigenvalue weighted by Crippen LogP contribution is 2.52. The van der Waals surface area contributed by atoms with Gasteiger partial charge in [0.1, 0.15) is 11.4 Å². The molecule has 1 saturated heterocycles. The van der Waals surface area contributed by atoms with Crippen LogP contribution in [0.4, 0.5) is 4.79 Å². The summed E-state index contributed by atoms with van der Waals surface area (Å²) in [4.78, 5) is 26.2. The quantitative estimate of drug-likeness (QED) is 0.754. The van der Waals surface area contributed by atoms with Crippen molar-refractivity contribution < 1.29 is 14.3 Å². The van der Waals surface area contributed by atoms with Crippen LogP contribution >= 0.6 is 0 Å². The molecule has 1 aliphatic heterocycles. The van der Waals surface area contributed by atoms with Crippen LogP contribution in [0.15, 0.2) is 18.2 Å². The third kappa shape index (κ3) is 3.60. The number of carbonyl (C=O) groups excluding carboxylic acids is 2. The summed E-state index contributed by atoms with van der Waals surface area (Å²) in [5.74, 6) is 0.311. The van der Waals surface area contributed by atoms with Gasteiger partial charge in [-0.2, -0.15) is 5.26 Å². The lowest BCUT2D eigenvalue weighted by Crippen LogP contribution is -2.51. The van der Waals surface area contributed by atoms with E-state index in [-0.39, 0.29) is 17.6 Å². The number of piperidine rings is 1. The fourth-order valence-corrected chi connectivity index (χ4v) is 4.18. The van der Waals surface area contributed by atoms with E-state index in [1.54, 1.807) is 11.0 Å². The highest BCUT2D eigenvalue weighted by molar-refractivity contribution is 5.86. The molecule has 1 heterocycles. The smallest absolute Gasteiger partial charge is 0.410 e. The molecule has 0 aromatic heterocycles. The van der Waals surface area contributed by atoms with Gasteiger partial charge in [0.2, 0.25) is 0 Å². The second kappa shape index (κ2) is 6.42. The zero-order chi connectivity index (χ0) is 19.1. The summed E-state index contributed by atoms with van der Waals surface area (Å²) in [5.41, 5.74) is 2.10. The van der Waals surface area contributed by atoms with Crippen LogP contribution in [0, 0.1) is 23.7 Å². The molecule has 1 aliphatic carbocycles. The van der Waals surface area contributed by atoms with Gasteiger partial charge >= 0.3 is 6.09 Å².